The number of hydrogen-bond donors (Lipinski definition) is 2. The quantitative estimate of drug-likeness (QED) is 0.381. The van der Waals surface area contributed by atoms with Gasteiger partial charge < -0.3 is 20.6 Å². The van der Waals surface area contributed by atoms with E-state index in [9.17, 15) is 9.50 Å². The van der Waals surface area contributed by atoms with Gasteiger partial charge in [-0.2, -0.15) is 0 Å². The number of nitrogens with two attached hydrogens (primary N) is 1. The Labute approximate surface area is 180 Å². The first-order valence-electron chi connectivity index (χ1n) is 8.52. The molecule has 0 aromatic heterocycles. The van der Waals surface area contributed by atoms with Crippen LogP contribution in [0.4, 0.5) is 10.1 Å². The number of benzene rings is 2. The Balaban J connectivity index is 0.00000261. The van der Waals surface area contributed by atoms with E-state index in [2.05, 4.69) is 9.89 Å². The molecule has 2 aromatic carbocycles. The van der Waals surface area contributed by atoms with Gasteiger partial charge in [-0.25, -0.2) is 4.39 Å². The van der Waals surface area contributed by atoms with E-state index < -0.39 is 6.10 Å². The molecule has 27 heavy (non-hydrogen) atoms. The van der Waals surface area contributed by atoms with Gasteiger partial charge in [0.25, 0.3) is 0 Å². The van der Waals surface area contributed by atoms with E-state index in [1.54, 1.807) is 24.3 Å². The molecule has 8 heteroatoms. The van der Waals surface area contributed by atoms with Crippen LogP contribution in [-0.2, 0) is 0 Å². The summed E-state index contributed by atoms with van der Waals surface area (Å²) in [6.45, 7) is 3.14. The molecule has 3 rings (SSSR count). The molecule has 1 aliphatic rings. The molecule has 2 aromatic rings. The standard InChI is InChI=1S/C19H22ClFN4O.HI/c20-17-4-2-1-3-16(17)18(26)13-23-19(22)25-11-9-24(10-12-25)15-7-5-14(21)6-8-15;/h1-8,18,26H,9-13H2,(H2,22,23);1H. The lowest BCUT2D eigenvalue weighted by molar-refractivity contribution is 0.186. The monoisotopic (exact) mass is 504 g/mol. The SMILES string of the molecule is I.NC(=NCC(O)c1ccccc1Cl)N1CCN(c2ccc(F)cc2)CC1. The van der Waals surface area contributed by atoms with E-state index in [1.807, 2.05) is 17.0 Å². The molecule has 0 bridgehead atoms. The first-order valence-corrected chi connectivity index (χ1v) is 8.90. The maximum atomic E-state index is 13.0. The third-order valence-corrected chi connectivity index (χ3v) is 4.83. The molecule has 1 aliphatic heterocycles. The van der Waals surface area contributed by atoms with Crippen molar-refractivity contribution < 1.29 is 9.50 Å². The summed E-state index contributed by atoms with van der Waals surface area (Å²) in [6.07, 6.45) is -0.789. The lowest BCUT2D eigenvalue weighted by atomic mass is 10.1. The highest BCUT2D eigenvalue weighted by atomic mass is 127. The normalized spacial score (nSPS) is 16.0. The summed E-state index contributed by atoms with van der Waals surface area (Å²) < 4.78 is 13.0. The van der Waals surface area contributed by atoms with Gasteiger partial charge in [0.1, 0.15) is 11.9 Å². The zero-order valence-corrected chi connectivity index (χ0v) is 17.8. The average molecular weight is 505 g/mol. The van der Waals surface area contributed by atoms with Crippen molar-refractivity contribution in [2.24, 2.45) is 10.7 Å². The van der Waals surface area contributed by atoms with Crippen LogP contribution in [0.5, 0.6) is 0 Å². The van der Waals surface area contributed by atoms with Crippen LogP contribution in [-0.4, -0.2) is 48.7 Å². The van der Waals surface area contributed by atoms with Gasteiger partial charge in [-0.05, 0) is 30.3 Å². The van der Waals surface area contributed by atoms with Gasteiger partial charge in [-0.1, -0.05) is 29.8 Å². The fourth-order valence-electron chi connectivity index (χ4n) is 2.97. The summed E-state index contributed by atoms with van der Waals surface area (Å²) in [5.74, 6) is 0.177. The number of guanidine groups is 1. The smallest absolute Gasteiger partial charge is 0.191 e. The molecule has 0 aliphatic carbocycles. The molecule has 1 unspecified atom stereocenters. The molecule has 1 heterocycles. The molecule has 1 atom stereocenters. The van der Waals surface area contributed by atoms with Gasteiger partial charge in [0.15, 0.2) is 5.96 Å². The number of hydrogen-bond acceptors (Lipinski definition) is 3. The van der Waals surface area contributed by atoms with E-state index in [1.165, 1.54) is 12.1 Å². The zero-order chi connectivity index (χ0) is 18.5. The summed E-state index contributed by atoms with van der Waals surface area (Å²) in [6, 6.07) is 13.6. The highest BCUT2D eigenvalue weighted by Gasteiger charge is 2.19. The number of aliphatic imine (C=N–C) groups is 1. The van der Waals surface area contributed by atoms with Crippen molar-refractivity contribution in [3.63, 3.8) is 0 Å². The summed E-state index contributed by atoms with van der Waals surface area (Å²) in [5, 5.41) is 10.8. The third-order valence-electron chi connectivity index (χ3n) is 4.49. The number of aliphatic hydroxyl groups excluding tert-OH is 1. The maximum absolute atomic E-state index is 13.0. The molecule has 5 nitrogen and oxygen atoms in total. The van der Waals surface area contributed by atoms with Crippen LogP contribution < -0.4 is 10.6 Å². The Bertz CT molecular complexity index is 767. The Morgan fingerprint density at radius 3 is 2.37 bits per heavy atom. The first kappa shape index (κ1) is 21.7. The van der Waals surface area contributed by atoms with Crippen LogP contribution in [0.2, 0.25) is 5.02 Å². The van der Waals surface area contributed by atoms with Crippen LogP contribution in [0.3, 0.4) is 0 Å². The Morgan fingerprint density at radius 1 is 1.11 bits per heavy atom. The molecule has 0 saturated carbocycles. The predicted octanol–water partition coefficient (Wildman–Crippen LogP) is 3.27. The number of anilines is 1. The van der Waals surface area contributed by atoms with Gasteiger partial charge in [-0.3, -0.25) is 4.99 Å². The second kappa shape index (κ2) is 10.1. The van der Waals surface area contributed by atoms with Crippen molar-refractivity contribution >= 4 is 47.2 Å². The van der Waals surface area contributed by atoms with Crippen LogP contribution in [0.15, 0.2) is 53.5 Å². The predicted molar refractivity (Wildman–Crippen MR) is 119 cm³/mol. The van der Waals surface area contributed by atoms with Gasteiger partial charge in [0.05, 0.1) is 6.54 Å². The van der Waals surface area contributed by atoms with Crippen molar-refractivity contribution in [2.75, 3.05) is 37.6 Å². The van der Waals surface area contributed by atoms with Crippen LogP contribution >= 0.6 is 35.6 Å². The largest absolute Gasteiger partial charge is 0.386 e. The van der Waals surface area contributed by atoms with Gasteiger partial charge in [0, 0.05) is 42.5 Å². The molecular formula is C19H23ClFIN4O. The lowest BCUT2D eigenvalue weighted by Crippen LogP contribution is -2.51. The molecule has 1 saturated heterocycles. The minimum Gasteiger partial charge on any atom is -0.386 e. The fraction of sp³-hybridized carbons (Fsp3) is 0.316. The lowest BCUT2D eigenvalue weighted by Gasteiger charge is -2.36. The van der Waals surface area contributed by atoms with Gasteiger partial charge in [-0.15, -0.1) is 24.0 Å². The molecule has 146 valence electrons. The van der Waals surface area contributed by atoms with Gasteiger partial charge in [0.2, 0.25) is 0 Å². The number of aliphatic hydroxyl groups is 1. The Kier molecular flexibility index (Phi) is 8.12. The van der Waals surface area contributed by atoms with E-state index in [4.69, 9.17) is 17.3 Å². The first-order chi connectivity index (χ1) is 12.5. The Hall–Kier alpha value is -1.58. The van der Waals surface area contributed by atoms with Crippen LogP contribution in [0.1, 0.15) is 11.7 Å². The van der Waals surface area contributed by atoms with Crippen LogP contribution in [0.25, 0.3) is 0 Å². The maximum Gasteiger partial charge on any atom is 0.191 e. The molecule has 1 fully saturated rings. The highest BCUT2D eigenvalue weighted by molar-refractivity contribution is 14.0. The van der Waals surface area contributed by atoms with Crippen molar-refractivity contribution in [3.8, 4) is 0 Å². The molecule has 0 amide bonds. The van der Waals surface area contributed by atoms with E-state index in [0.717, 1.165) is 31.9 Å². The minimum absolute atomic E-state index is 0. The fourth-order valence-corrected chi connectivity index (χ4v) is 3.23. The second-order valence-electron chi connectivity index (χ2n) is 6.19. The van der Waals surface area contributed by atoms with E-state index in [0.29, 0.717) is 16.5 Å². The number of nitrogens with zero attached hydrogens (tertiary/aromatic N) is 3. The third kappa shape index (κ3) is 5.70. The van der Waals surface area contributed by atoms with Crippen molar-refractivity contribution in [3.05, 3.63) is 64.9 Å². The summed E-state index contributed by atoms with van der Waals surface area (Å²) in [4.78, 5) is 8.49. The van der Waals surface area contributed by atoms with Crippen LogP contribution in [0, 0.1) is 5.82 Å². The summed E-state index contributed by atoms with van der Waals surface area (Å²) in [7, 11) is 0. The molecular weight excluding hydrogens is 482 g/mol. The average Bonchev–Trinajstić information content (AvgIpc) is 2.67. The number of halogens is 3. The molecule has 0 radical (unpaired) electrons. The number of rotatable bonds is 4. The highest BCUT2D eigenvalue weighted by Crippen LogP contribution is 2.22. The van der Waals surface area contributed by atoms with E-state index in [-0.39, 0.29) is 36.3 Å². The van der Waals surface area contributed by atoms with Crippen molar-refractivity contribution in [1.29, 1.82) is 0 Å². The summed E-state index contributed by atoms with van der Waals surface area (Å²) in [5.41, 5.74) is 7.72. The number of piperazine rings is 1. The van der Waals surface area contributed by atoms with Crippen molar-refractivity contribution in [1.82, 2.24) is 4.90 Å². The Morgan fingerprint density at radius 2 is 1.74 bits per heavy atom. The molecule has 3 N–H and O–H groups in total. The zero-order valence-electron chi connectivity index (χ0n) is 14.8. The van der Waals surface area contributed by atoms with Crippen molar-refractivity contribution in [2.45, 2.75) is 6.10 Å². The molecule has 0 spiro atoms. The summed E-state index contributed by atoms with van der Waals surface area (Å²) >= 11 is 6.09. The topological polar surface area (TPSA) is 65.1 Å². The van der Waals surface area contributed by atoms with E-state index >= 15 is 0 Å². The second-order valence-corrected chi connectivity index (χ2v) is 6.59. The minimum atomic E-state index is -0.789. The van der Waals surface area contributed by atoms with Gasteiger partial charge >= 0.3 is 0 Å².